The molecule has 0 radical (unpaired) electrons. The number of nitrogens with one attached hydrogen (secondary N) is 1. The number of alkyl carbamates (subject to hydrolysis) is 1. The summed E-state index contributed by atoms with van der Waals surface area (Å²) in [4.78, 5) is 11.2. The molecule has 6 heteroatoms. The highest BCUT2D eigenvalue weighted by Gasteiger charge is 2.15. The molecule has 3 N–H and O–H groups in total. The quantitative estimate of drug-likeness (QED) is 0.394. The van der Waals surface area contributed by atoms with Crippen LogP contribution in [0.3, 0.4) is 0 Å². The van der Waals surface area contributed by atoms with Gasteiger partial charge in [0, 0.05) is 18.1 Å². The lowest BCUT2D eigenvalue weighted by Crippen LogP contribution is -2.34. The number of rotatable bonds is 5. The second-order valence-corrected chi connectivity index (χ2v) is 5.73. The summed E-state index contributed by atoms with van der Waals surface area (Å²) in [6, 6.07) is 0. The molecule has 0 aromatic rings. The van der Waals surface area contributed by atoms with Crippen LogP contribution >= 0.6 is 24.4 Å². The summed E-state index contributed by atoms with van der Waals surface area (Å²) in [6.07, 6.45) is -0.387. The first-order valence-electron chi connectivity index (χ1n) is 4.80. The van der Waals surface area contributed by atoms with Crippen molar-refractivity contribution < 1.29 is 9.53 Å². The largest absolute Gasteiger partial charge is 0.444 e. The topological polar surface area (TPSA) is 64.3 Å². The lowest BCUT2D eigenvalue weighted by atomic mass is 10.2. The third-order valence-corrected chi connectivity index (χ3v) is 2.96. The Hall–Kier alpha value is -0.0700. The molecule has 0 saturated carbocycles. The molecule has 0 bridgehead atoms. The second kappa shape index (κ2) is 7.24. The molecular formula is C9H20N2O2S2. The van der Waals surface area contributed by atoms with Gasteiger partial charge in [-0.05, 0) is 20.8 Å². The molecule has 1 amide bonds. The fourth-order valence-electron chi connectivity index (χ4n) is 0.730. The lowest BCUT2D eigenvalue weighted by molar-refractivity contribution is 0.0531. The van der Waals surface area contributed by atoms with E-state index >= 15 is 0 Å². The number of amides is 1. The van der Waals surface area contributed by atoms with E-state index in [0.717, 1.165) is 5.75 Å². The molecule has 0 aliphatic heterocycles. The summed E-state index contributed by atoms with van der Waals surface area (Å²) >= 11 is 5.62. The van der Waals surface area contributed by atoms with E-state index in [1.54, 1.807) is 11.8 Å². The molecule has 0 aliphatic rings. The van der Waals surface area contributed by atoms with Crippen LogP contribution in [0, 0.1) is 0 Å². The van der Waals surface area contributed by atoms with Gasteiger partial charge in [-0.1, -0.05) is 0 Å². The Morgan fingerprint density at radius 1 is 1.60 bits per heavy atom. The minimum atomic E-state index is -0.446. The van der Waals surface area contributed by atoms with Crippen LogP contribution in [-0.4, -0.2) is 35.1 Å². The molecule has 1 unspecified atom stereocenters. The van der Waals surface area contributed by atoms with E-state index in [-0.39, 0.29) is 11.5 Å². The normalized spacial score (nSPS) is 13.4. The van der Waals surface area contributed by atoms with Crippen LogP contribution < -0.4 is 11.1 Å². The summed E-state index contributed by atoms with van der Waals surface area (Å²) in [5.74, 6) is 1.40. The maximum atomic E-state index is 11.2. The van der Waals surface area contributed by atoms with Gasteiger partial charge in [0.2, 0.25) is 0 Å². The Balaban J connectivity index is 3.48. The molecule has 0 rings (SSSR count). The zero-order valence-corrected chi connectivity index (χ0v) is 11.2. The monoisotopic (exact) mass is 252 g/mol. The van der Waals surface area contributed by atoms with Crippen LogP contribution in [0.2, 0.25) is 0 Å². The molecule has 0 saturated heterocycles. The van der Waals surface area contributed by atoms with Gasteiger partial charge in [-0.2, -0.15) is 12.6 Å². The Morgan fingerprint density at radius 2 is 2.20 bits per heavy atom. The third kappa shape index (κ3) is 10.2. The van der Waals surface area contributed by atoms with Crippen molar-refractivity contribution in [2.24, 2.45) is 5.73 Å². The molecule has 90 valence electrons. The number of ether oxygens (including phenoxy) is 1. The summed E-state index contributed by atoms with van der Waals surface area (Å²) in [5.41, 5.74) is 5.19. The summed E-state index contributed by atoms with van der Waals surface area (Å²) in [7, 11) is 0. The zero-order valence-electron chi connectivity index (χ0n) is 9.45. The maximum absolute atomic E-state index is 11.2. The molecule has 4 nitrogen and oxygen atoms in total. The van der Waals surface area contributed by atoms with E-state index in [1.807, 2.05) is 20.8 Å². The van der Waals surface area contributed by atoms with Gasteiger partial charge in [0.1, 0.15) is 5.60 Å². The number of hydrogen-bond donors (Lipinski definition) is 3. The number of nitrogens with two attached hydrogens (primary N) is 1. The number of carbonyl (C=O) groups excluding carboxylic acids is 1. The SMILES string of the molecule is CC(C)(C)OC(=O)NCCSC(N)CS. The zero-order chi connectivity index (χ0) is 11.9. The summed E-state index contributed by atoms with van der Waals surface area (Å²) in [5, 5.41) is 2.68. The minimum absolute atomic E-state index is 0.0220. The van der Waals surface area contributed by atoms with Crippen LogP contribution in [0.4, 0.5) is 4.79 Å². The summed E-state index contributed by atoms with van der Waals surface area (Å²) < 4.78 is 5.07. The molecule has 0 aliphatic carbocycles. The molecule has 0 fully saturated rings. The van der Waals surface area contributed by atoms with E-state index in [0.29, 0.717) is 12.3 Å². The highest BCUT2D eigenvalue weighted by atomic mass is 32.2. The van der Waals surface area contributed by atoms with Crippen LogP contribution in [-0.2, 0) is 4.74 Å². The van der Waals surface area contributed by atoms with Crippen molar-refractivity contribution >= 4 is 30.5 Å². The van der Waals surface area contributed by atoms with E-state index < -0.39 is 5.60 Å². The standard InChI is InChI=1S/C9H20N2O2S2/c1-9(2,3)13-8(12)11-4-5-15-7(10)6-14/h7,14H,4-6,10H2,1-3H3,(H,11,12). The maximum Gasteiger partial charge on any atom is 0.407 e. The molecule has 0 aromatic carbocycles. The summed E-state index contributed by atoms with van der Waals surface area (Å²) in [6.45, 7) is 6.05. The number of thiol groups is 1. The van der Waals surface area contributed by atoms with Crippen LogP contribution in [0.5, 0.6) is 0 Å². The van der Waals surface area contributed by atoms with Crippen molar-refractivity contribution in [1.29, 1.82) is 0 Å². The van der Waals surface area contributed by atoms with Crippen molar-refractivity contribution in [3.8, 4) is 0 Å². The first-order chi connectivity index (χ1) is 6.85. The fraction of sp³-hybridized carbons (Fsp3) is 0.889. The average molecular weight is 252 g/mol. The predicted octanol–water partition coefficient (Wildman–Crippen LogP) is 1.46. The van der Waals surface area contributed by atoms with Crippen LogP contribution in [0.15, 0.2) is 0 Å². The minimum Gasteiger partial charge on any atom is -0.444 e. The highest BCUT2D eigenvalue weighted by molar-refractivity contribution is 8.00. The number of hydrogen-bond acceptors (Lipinski definition) is 5. The Kier molecular flexibility index (Phi) is 7.21. The van der Waals surface area contributed by atoms with Gasteiger partial charge >= 0.3 is 6.09 Å². The Morgan fingerprint density at radius 3 is 2.67 bits per heavy atom. The first-order valence-corrected chi connectivity index (χ1v) is 6.48. The van der Waals surface area contributed by atoms with Gasteiger partial charge in [-0.25, -0.2) is 4.79 Å². The molecule has 0 heterocycles. The van der Waals surface area contributed by atoms with Gasteiger partial charge in [-0.3, -0.25) is 0 Å². The Bertz CT molecular complexity index is 195. The predicted molar refractivity (Wildman–Crippen MR) is 68.5 cm³/mol. The highest BCUT2D eigenvalue weighted by Crippen LogP contribution is 2.07. The molecule has 0 spiro atoms. The van der Waals surface area contributed by atoms with E-state index in [9.17, 15) is 4.79 Å². The Labute approximate surface area is 101 Å². The second-order valence-electron chi connectivity index (χ2n) is 4.02. The van der Waals surface area contributed by atoms with Gasteiger partial charge in [0.15, 0.2) is 0 Å². The van der Waals surface area contributed by atoms with Gasteiger partial charge in [0.25, 0.3) is 0 Å². The molecule has 1 atom stereocenters. The smallest absolute Gasteiger partial charge is 0.407 e. The van der Waals surface area contributed by atoms with Gasteiger partial charge in [-0.15, -0.1) is 11.8 Å². The number of carbonyl (C=O) groups is 1. The molecule has 0 aromatic heterocycles. The first kappa shape index (κ1) is 14.9. The third-order valence-electron chi connectivity index (χ3n) is 1.28. The molecular weight excluding hydrogens is 232 g/mol. The average Bonchev–Trinajstić information content (AvgIpc) is 2.09. The van der Waals surface area contributed by atoms with Gasteiger partial charge < -0.3 is 15.8 Å². The van der Waals surface area contributed by atoms with Crippen molar-refractivity contribution in [1.82, 2.24) is 5.32 Å². The van der Waals surface area contributed by atoms with E-state index in [1.165, 1.54) is 0 Å². The van der Waals surface area contributed by atoms with E-state index in [4.69, 9.17) is 10.5 Å². The van der Waals surface area contributed by atoms with Crippen molar-refractivity contribution in [2.75, 3.05) is 18.1 Å². The van der Waals surface area contributed by atoms with Crippen LogP contribution in [0.25, 0.3) is 0 Å². The van der Waals surface area contributed by atoms with Gasteiger partial charge in [0.05, 0.1) is 5.37 Å². The van der Waals surface area contributed by atoms with Crippen molar-refractivity contribution in [3.63, 3.8) is 0 Å². The lowest BCUT2D eigenvalue weighted by Gasteiger charge is -2.19. The number of thioether (sulfide) groups is 1. The van der Waals surface area contributed by atoms with E-state index in [2.05, 4.69) is 17.9 Å². The van der Waals surface area contributed by atoms with Crippen LogP contribution in [0.1, 0.15) is 20.8 Å². The molecule has 15 heavy (non-hydrogen) atoms. The van der Waals surface area contributed by atoms with Crippen molar-refractivity contribution in [3.05, 3.63) is 0 Å². The fourth-order valence-corrected chi connectivity index (χ4v) is 1.67. The van der Waals surface area contributed by atoms with Crippen molar-refractivity contribution in [2.45, 2.75) is 31.7 Å².